The lowest BCUT2D eigenvalue weighted by Gasteiger charge is -2.17. The Bertz CT molecular complexity index is 967. The fourth-order valence-electron chi connectivity index (χ4n) is 2.73. The molecule has 0 aliphatic heterocycles. The lowest BCUT2D eigenvalue weighted by Crippen LogP contribution is -2.23. The number of nitrogens with zero attached hydrogens (tertiary/aromatic N) is 4. The van der Waals surface area contributed by atoms with Gasteiger partial charge in [0.2, 0.25) is 5.95 Å². The van der Waals surface area contributed by atoms with Crippen molar-refractivity contribution in [2.75, 3.05) is 17.2 Å². The normalized spacial score (nSPS) is 11.8. The smallest absolute Gasteiger partial charge is 0.226 e. The van der Waals surface area contributed by atoms with Crippen molar-refractivity contribution in [2.24, 2.45) is 0 Å². The summed E-state index contributed by atoms with van der Waals surface area (Å²) in [5.74, 6) is 0.456. The molecule has 0 bridgehead atoms. The molecule has 8 nitrogen and oxygen atoms in total. The van der Waals surface area contributed by atoms with Gasteiger partial charge in [-0.1, -0.05) is 0 Å². The molecule has 3 rings (SSSR count). The molecule has 2 aromatic heterocycles. The average Bonchev–Trinajstić information content (AvgIpc) is 3.04. The maximum Gasteiger partial charge on any atom is 0.226 e. The fraction of sp³-hybridized carbons (Fsp3) is 0.421. The highest BCUT2D eigenvalue weighted by atomic mass is 19.1. The summed E-state index contributed by atoms with van der Waals surface area (Å²) in [6.45, 7) is 6.84. The predicted molar refractivity (Wildman–Crippen MR) is 106 cm³/mol. The van der Waals surface area contributed by atoms with E-state index in [1.165, 1.54) is 18.2 Å². The third kappa shape index (κ3) is 4.66. The number of halogens is 1. The van der Waals surface area contributed by atoms with E-state index in [0.717, 1.165) is 0 Å². The molecule has 0 saturated carbocycles. The van der Waals surface area contributed by atoms with Crippen LogP contribution >= 0.6 is 0 Å². The van der Waals surface area contributed by atoms with Gasteiger partial charge in [-0.2, -0.15) is 9.97 Å². The Morgan fingerprint density at radius 1 is 1.21 bits per heavy atom. The number of imidazole rings is 1. The van der Waals surface area contributed by atoms with Crippen LogP contribution in [0.3, 0.4) is 0 Å². The first-order chi connectivity index (χ1) is 13.3. The number of fused-ring (bicyclic) bond motifs is 1. The first-order valence-electron chi connectivity index (χ1n) is 9.17. The lowest BCUT2D eigenvalue weighted by atomic mass is 10.1. The second-order valence-electron chi connectivity index (χ2n) is 7.21. The molecule has 0 fully saturated rings. The van der Waals surface area contributed by atoms with E-state index in [1.807, 2.05) is 11.5 Å². The number of aromatic nitrogens is 4. The molecule has 28 heavy (non-hydrogen) atoms. The quantitative estimate of drug-likeness (QED) is 0.470. The van der Waals surface area contributed by atoms with Crippen molar-refractivity contribution in [2.45, 2.75) is 45.9 Å². The summed E-state index contributed by atoms with van der Waals surface area (Å²) >= 11 is 0. The van der Waals surface area contributed by atoms with Gasteiger partial charge in [0, 0.05) is 25.2 Å². The van der Waals surface area contributed by atoms with Crippen LogP contribution in [0.5, 0.6) is 5.75 Å². The monoisotopic (exact) mass is 388 g/mol. The minimum Gasteiger partial charge on any atom is -0.508 e. The van der Waals surface area contributed by atoms with E-state index in [0.29, 0.717) is 48.0 Å². The van der Waals surface area contributed by atoms with Crippen LogP contribution in [-0.4, -0.2) is 41.9 Å². The third-order valence-corrected chi connectivity index (χ3v) is 4.31. The van der Waals surface area contributed by atoms with E-state index in [4.69, 9.17) is 0 Å². The topological polar surface area (TPSA) is 108 Å². The highest BCUT2D eigenvalue weighted by Crippen LogP contribution is 2.24. The summed E-state index contributed by atoms with van der Waals surface area (Å²) in [6.07, 6.45) is 2.21. The number of phenols is 1. The van der Waals surface area contributed by atoms with Gasteiger partial charge in [0.25, 0.3) is 0 Å². The Hall–Kier alpha value is -2.94. The molecular weight excluding hydrogens is 363 g/mol. The van der Waals surface area contributed by atoms with Crippen molar-refractivity contribution in [3.05, 3.63) is 35.9 Å². The Morgan fingerprint density at radius 2 is 2.00 bits per heavy atom. The molecule has 150 valence electrons. The molecule has 0 aliphatic carbocycles. The third-order valence-electron chi connectivity index (χ3n) is 4.31. The van der Waals surface area contributed by atoms with Crippen LogP contribution in [0, 0.1) is 5.82 Å². The van der Waals surface area contributed by atoms with Crippen LogP contribution in [0.1, 0.15) is 32.8 Å². The average molecular weight is 388 g/mol. The standard InChI is InChI=1S/C19H25FN6O2/c1-4-26-11-23-15-16(22-10-12-9-13(20)5-6-14(12)27)24-18(25-17(15)26)21-8-7-19(2,3)28/h5-6,9,11,27-28H,4,7-8,10H2,1-3H3,(H2,21,22,24,25). The Kier molecular flexibility index (Phi) is 5.64. The number of hydrogen-bond acceptors (Lipinski definition) is 7. The van der Waals surface area contributed by atoms with Gasteiger partial charge in [-0.05, 0) is 45.4 Å². The fourth-order valence-corrected chi connectivity index (χ4v) is 2.73. The molecule has 0 unspecified atom stereocenters. The van der Waals surface area contributed by atoms with Crippen LogP contribution in [0.4, 0.5) is 16.2 Å². The molecule has 2 heterocycles. The zero-order chi connectivity index (χ0) is 20.3. The number of anilines is 2. The van der Waals surface area contributed by atoms with E-state index < -0.39 is 11.4 Å². The van der Waals surface area contributed by atoms with E-state index in [9.17, 15) is 14.6 Å². The molecule has 0 amide bonds. The highest BCUT2D eigenvalue weighted by Gasteiger charge is 2.15. The number of aliphatic hydroxyl groups is 1. The summed E-state index contributed by atoms with van der Waals surface area (Å²) in [7, 11) is 0. The molecule has 9 heteroatoms. The second-order valence-corrected chi connectivity index (χ2v) is 7.21. The lowest BCUT2D eigenvalue weighted by molar-refractivity contribution is 0.0748. The second kappa shape index (κ2) is 7.97. The summed E-state index contributed by atoms with van der Waals surface area (Å²) in [4.78, 5) is 13.4. The number of hydrogen-bond donors (Lipinski definition) is 4. The van der Waals surface area contributed by atoms with Crippen molar-refractivity contribution >= 4 is 22.9 Å². The SMILES string of the molecule is CCn1cnc2c(NCc3cc(F)ccc3O)nc(NCCC(C)(C)O)nc21. The van der Waals surface area contributed by atoms with Crippen LogP contribution < -0.4 is 10.6 Å². The number of benzene rings is 1. The molecule has 0 atom stereocenters. The van der Waals surface area contributed by atoms with Crippen LogP contribution in [-0.2, 0) is 13.1 Å². The van der Waals surface area contributed by atoms with Gasteiger partial charge in [0.1, 0.15) is 11.6 Å². The number of aryl methyl sites for hydroxylation is 1. The number of rotatable bonds is 8. The molecule has 1 aromatic carbocycles. The first-order valence-corrected chi connectivity index (χ1v) is 9.17. The van der Waals surface area contributed by atoms with Gasteiger partial charge in [0.05, 0.1) is 11.9 Å². The van der Waals surface area contributed by atoms with Gasteiger partial charge in [0.15, 0.2) is 17.0 Å². The largest absolute Gasteiger partial charge is 0.508 e. The summed E-state index contributed by atoms with van der Waals surface area (Å²) < 4.78 is 15.4. The van der Waals surface area contributed by atoms with Gasteiger partial charge >= 0.3 is 0 Å². The summed E-state index contributed by atoms with van der Waals surface area (Å²) in [5.41, 5.74) is 0.872. The Balaban J connectivity index is 1.86. The van der Waals surface area contributed by atoms with Crippen LogP contribution in [0.15, 0.2) is 24.5 Å². The van der Waals surface area contributed by atoms with Crippen molar-refractivity contribution in [3.8, 4) is 5.75 Å². The molecule has 4 N–H and O–H groups in total. The molecule has 0 aliphatic rings. The zero-order valence-electron chi connectivity index (χ0n) is 16.2. The van der Waals surface area contributed by atoms with Gasteiger partial charge < -0.3 is 25.4 Å². The van der Waals surface area contributed by atoms with Crippen molar-refractivity contribution in [3.63, 3.8) is 0 Å². The highest BCUT2D eigenvalue weighted by molar-refractivity contribution is 5.84. The number of aromatic hydroxyl groups is 1. The first kappa shape index (κ1) is 19.8. The Labute approximate surface area is 162 Å². The molecule has 0 radical (unpaired) electrons. The molecule has 0 spiro atoms. The molecule has 3 aromatic rings. The molecular formula is C19H25FN6O2. The summed E-state index contributed by atoms with van der Waals surface area (Å²) in [5, 5.41) is 26.0. The van der Waals surface area contributed by atoms with Crippen molar-refractivity contribution in [1.82, 2.24) is 19.5 Å². The van der Waals surface area contributed by atoms with Crippen LogP contribution in [0.25, 0.3) is 11.2 Å². The number of phenolic OH excluding ortho intramolecular Hbond substituents is 1. The van der Waals surface area contributed by atoms with E-state index in [-0.39, 0.29) is 12.3 Å². The zero-order valence-corrected chi connectivity index (χ0v) is 16.2. The van der Waals surface area contributed by atoms with Crippen LogP contribution in [0.2, 0.25) is 0 Å². The molecule has 0 saturated heterocycles. The Morgan fingerprint density at radius 3 is 2.71 bits per heavy atom. The van der Waals surface area contributed by atoms with Crippen molar-refractivity contribution in [1.29, 1.82) is 0 Å². The number of nitrogens with one attached hydrogen (secondary N) is 2. The van der Waals surface area contributed by atoms with E-state index in [2.05, 4.69) is 25.6 Å². The van der Waals surface area contributed by atoms with Crippen molar-refractivity contribution < 1.29 is 14.6 Å². The van der Waals surface area contributed by atoms with E-state index >= 15 is 0 Å². The van der Waals surface area contributed by atoms with Gasteiger partial charge in [-0.25, -0.2) is 9.37 Å². The summed E-state index contributed by atoms with van der Waals surface area (Å²) in [6, 6.07) is 3.79. The van der Waals surface area contributed by atoms with Gasteiger partial charge in [-0.3, -0.25) is 0 Å². The maximum atomic E-state index is 13.5. The maximum absolute atomic E-state index is 13.5. The minimum atomic E-state index is -0.793. The predicted octanol–water partition coefficient (Wildman–Crippen LogP) is 2.88. The minimum absolute atomic E-state index is 0.00168. The van der Waals surface area contributed by atoms with E-state index in [1.54, 1.807) is 20.2 Å². The van der Waals surface area contributed by atoms with Gasteiger partial charge in [-0.15, -0.1) is 0 Å².